The summed E-state index contributed by atoms with van der Waals surface area (Å²) in [7, 11) is 0. The highest BCUT2D eigenvalue weighted by molar-refractivity contribution is 5.39. The molecule has 0 atom stereocenters. The van der Waals surface area contributed by atoms with Crippen molar-refractivity contribution in [2.45, 2.75) is 25.9 Å². The first kappa shape index (κ1) is 18.7. The van der Waals surface area contributed by atoms with Crippen LogP contribution < -0.4 is 5.56 Å². The summed E-state index contributed by atoms with van der Waals surface area (Å²) in [5, 5.41) is 8.65. The van der Waals surface area contributed by atoms with Crippen LogP contribution in [0.3, 0.4) is 0 Å². The predicted molar refractivity (Wildman–Crippen MR) is 109 cm³/mol. The Balaban J connectivity index is 1.21. The van der Waals surface area contributed by atoms with E-state index in [0.29, 0.717) is 18.3 Å². The van der Waals surface area contributed by atoms with E-state index in [1.165, 1.54) is 12.3 Å². The van der Waals surface area contributed by atoms with E-state index in [2.05, 4.69) is 20.1 Å². The SMILES string of the molecule is O=c1ccc(-n2cccn2)nn1CC1CCN(Cc2cn3cc(F)ccc3n2)CC1. The Morgan fingerprint density at radius 3 is 2.77 bits per heavy atom. The highest BCUT2D eigenvalue weighted by Gasteiger charge is 2.21. The average Bonchev–Trinajstić information content (AvgIpc) is 3.40. The van der Waals surface area contributed by atoms with E-state index in [0.717, 1.165) is 43.8 Å². The first-order chi connectivity index (χ1) is 14.6. The van der Waals surface area contributed by atoms with Crippen LogP contribution in [-0.2, 0) is 13.1 Å². The third-order valence-electron chi connectivity index (χ3n) is 5.58. The molecule has 0 amide bonds. The first-order valence-electron chi connectivity index (χ1n) is 10.1. The van der Waals surface area contributed by atoms with Gasteiger partial charge in [0.1, 0.15) is 11.5 Å². The van der Waals surface area contributed by atoms with Gasteiger partial charge in [0, 0.05) is 43.9 Å². The van der Waals surface area contributed by atoms with Crippen LogP contribution >= 0.6 is 0 Å². The monoisotopic (exact) mass is 407 g/mol. The van der Waals surface area contributed by atoms with Gasteiger partial charge in [-0.15, -0.1) is 5.10 Å². The Bertz CT molecular complexity index is 1210. The van der Waals surface area contributed by atoms with Crippen molar-refractivity contribution in [3.63, 3.8) is 0 Å². The average molecular weight is 407 g/mol. The van der Waals surface area contributed by atoms with E-state index in [-0.39, 0.29) is 11.4 Å². The van der Waals surface area contributed by atoms with Crippen LogP contribution in [0, 0.1) is 11.7 Å². The standard InChI is InChI=1S/C21H22FN7O/c22-17-2-3-19-24-18(15-27(19)13-17)14-26-10-6-16(7-11-26)12-29-21(30)5-4-20(25-29)28-9-1-8-23-28/h1-5,8-9,13,15-16H,6-7,10-12,14H2. The lowest BCUT2D eigenvalue weighted by molar-refractivity contribution is 0.162. The number of fused-ring (bicyclic) bond motifs is 1. The number of nitrogens with zero attached hydrogens (tertiary/aromatic N) is 7. The zero-order chi connectivity index (χ0) is 20.5. The fraction of sp³-hybridized carbons (Fsp3) is 0.333. The number of piperidine rings is 1. The summed E-state index contributed by atoms with van der Waals surface area (Å²) < 4.78 is 18.3. The van der Waals surface area contributed by atoms with Crippen molar-refractivity contribution in [3.8, 4) is 5.82 Å². The normalized spacial score (nSPS) is 15.8. The number of imidazole rings is 1. The maximum Gasteiger partial charge on any atom is 0.266 e. The van der Waals surface area contributed by atoms with Crippen LogP contribution in [0.15, 0.2) is 59.9 Å². The highest BCUT2D eigenvalue weighted by Crippen LogP contribution is 2.20. The molecular formula is C21H22FN7O. The second-order valence-electron chi connectivity index (χ2n) is 7.73. The topological polar surface area (TPSA) is 73.2 Å². The lowest BCUT2D eigenvalue weighted by Gasteiger charge is -2.31. The minimum atomic E-state index is -0.271. The number of likely N-dealkylation sites (tertiary alicyclic amines) is 1. The third-order valence-corrected chi connectivity index (χ3v) is 5.58. The zero-order valence-electron chi connectivity index (χ0n) is 16.4. The summed E-state index contributed by atoms with van der Waals surface area (Å²) in [6.07, 6.45) is 8.80. The van der Waals surface area contributed by atoms with E-state index in [1.54, 1.807) is 38.2 Å². The number of hydrogen-bond donors (Lipinski definition) is 0. The lowest BCUT2D eigenvalue weighted by atomic mass is 9.97. The minimum absolute atomic E-state index is 0.0923. The van der Waals surface area contributed by atoms with Crippen LogP contribution in [-0.4, -0.2) is 46.9 Å². The molecule has 1 saturated heterocycles. The van der Waals surface area contributed by atoms with Gasteiger partial charge in [0.05, 0.1) is 5.69 Å². The summed E-state index contributed by atoms with van der Waals surface area (Å²) in [5.41, 5.74) is 1.60. The molecule has 0 aromatic carbocycles. The quantitative estimate of drug-likeness (QED) is 0.507. The van der Waals surface area contributed by atoms with Crippen LogP contribution in [0.25, 0.3) is 11.5 Å². The van der Waals surface area contributed by atoms with Crippen LogP contribution in [0.5, 0.6) is 0 Å². The van der Waals surface area contributed by atoms with Crippen molar-refractivity contribution in [1.29, 1.82) is 0 Å². The second kappa shape index (κ2) is 7.83. The summed E-state index contributed by atoms with van der Waals surface area (Å²) in [5.74, 6) is 0.766. The number of rotatable bonds is 5. The largest absolute Gasteiger partial charge is 0.304 e. The van der Waals surface area contributed by atoms with Gasteiger partial charge in [-0.25, -0.2) is 18.7 Å². The van der Waals surface area contributed by atoms with Gasteiger partial charge in [0.25, 0.3) is 5.56 Å². The summed E-state index contributed by atoms with van der Waals surface area (Å²) in [4.78, 5) is 19.2. The second-order valence-corrected chi connectivity index (χ2v) is 7.73. The van der Waals surface area contributed by atoms with Gasteiger partial charge < -0.3 is 4.40 Å². The fourth-order valence-electron chi connectivity index (χ4n) is 3.99. The lowest BCUT2D eigenvalue weighted by Crippen LogP contribution is -2.36. The van der Waals surface area contributed by atoms with Gasteiger partial charge in [-0.1, -0.05) is 0 Å². The van der Waals surface area contributed by atoms with E-state index >= 15 is 0 Å². The molecule has 0 aliphatic carbocycles. The van der Waals surface area contributed by atoms with Gasteiger partial charge in [-0.2, -0.15) is 5.10 Å². The summed E-state index contributed by atoms with van der Waals surface area (Å²) in [6, 6.07) is 8.18. The molecule has 1 aliphatic heterocycles. The van der Waals surface area contributed by atoms with E-state index in [1.807, 2.05) is 18.5 Å². The molecule has 0 spiro atoms. The van der Waals surface area contributed by atoms with Gasteiger partial charge >= 0.3 is 0 Å². The van der Waals surface area contributed by atoms with Gasteiger partial charge in [-0.3, -0.25) is 9.69 Å². The Morgan fingerprint density at radius 1 is 1.10 bits per heavy atom. The van der Waals surface area contributed by atoms with Gasteiger partial charge in [0.2, 0.25) is 0 Å². The van der Waals surface area contributed by atoms with Crippen molar-refractivity contribution in [1.82, 2.24) is 33.8 Å². The first-order valence-corrected chi connectivity index (χ1v) is 10.1. The maximum atomic E-state index is 13.4. The summed E-state index contributed by atoms with van der Waals surface area (Å²) in [6.45, 7) is 3.21. The molecule has 8 nitrogen and oxygen atoms in total. The molecule has 154 valence electrons. The van der Waals surface area contributed by atoms with Crippen molar-refractivity contribution in [2.75, 3.05) is 13.1 Å². The smallest absolute Gasteiger partial charge is 0.266 e. The molecule has 0 N–H and O–H groups in total. The van der Waals surface area contributed by atoms with Gasteiger partial charge in [0.15, 0.2) is 5.82 Å². The maximum absolute atomic E-state index is 13.4. The Labute approximate surface area is 172 Å². The van der Waals surface area contributed by atoms with Gasteiger partial charge in [-0.05, 0) is 56.1 Å². The fourth-order valence-corrected chi connectivity index (χ4v) is 3.99. The zero-order valence-corrected chi connectivity index (χ0v) is 16.4. The molecule has 0 unspecified atom stereocenters. The molecule has 0 radical (unpaired) electrons. The molecule has 5 heterocycles. The van der Waals surface area contributed by atoms with Crippen LogP contribution in [0.4, 0.5) is 4.39 Å². The number of hydrogen-bond acceptors (Lipinski definition) is 5. The summed E-state index contributed by atoms with van der Waals surface area (Å²) >= 11 is 0. The number of aromatic nitrogens is 6. The van der Waals surface area contributed by atoms with E-state index in [4.69, 9.17) is 0 Å². The molecule has 4 aromatic rings. The molecule has 4 aromatic heterocycles. The Kier molecular flexibility index (Phi) is 4.88. The van der Waals surface area contributed by atoms with Crippen molar-refractivity contribution >= 4 is 5.65 Å². The van der Waals surface area contributed by atoms with Crippen LogP contribution in [0.1, 0.15) is 18.5 Å². The molecule has 0 bridgehead atoms. The molecule has 9 heteroatoms. The minimum Gasteiger partial charge on any atom is -0.304 e. The highest BCUT2D eigenvalue weighted by atomic mass is 19.1. The third kappa shape index (κ3) is 3.88. The van der Waals surface area contributed by atoms with Crippen molar-refractivity contribution < 1.29 is 4.39 Å². The molecule has 5 rings (SSSR count). The Hall–Kier alpha value is -3.33. The number of halogens is 1. The predicted octanol–water partition coefficient (Wildman–Crippen LogP) is 2.13. The molecule has 0 saturated carbocycles. The van der Waals surface area contributed by atoms with Crippen molar-refractivity contribution in [2.24, 2.45) is 5.92 Å². The molecule has 1 aliphatic rings. The molecule has 1 fully saturated rings. The van der Waals surface area contributed by atoms with Crippen LogP contribution in [0.2, 0.25) is 0 Å². The Morgan fingerprint density at radius 2 is 1.97 bits per heavy atom. The molecule has 30 heavy (non-hydrogen) atoms. The van der Waals surface area contributed by atoms with E-state index < -0.39 is 0 Å². The van der Waals surface area contributed by atoms with Crippen molar-refractivity contribution in [3.05, 3.63) is 77.0 Å². The van der Waals surface area contributed by atoms with E-state index in [9.17, 15) is 9.18 Å². The molecular weight excluding hydrogens is 385 g/mol. The number of pyridine rings is 1.